The molecule has 1 amide bonds. The predicted molar refractivity (Wildman–Crippen MR) is 87.1 cm³/mol. The van der Waals surface area contributed by atoms with Crippen molar-refractivity contribution in [1.82, 2.24) is 10.2 Å². The van der Waals surface area contributed by atoms with E-state index in [2.05, 4.69) is 47.8 Å². The highest BCUT2D eigenvalue weighted by Crippen LogP contribution is 2.45. The molecule has 4 atom stereocenters. The van der Waals surface area contributed by atoms with Crippen LogP contribution in [-0.2, 0) is 4.79 Å². The molecule has 1 N–H and O–H groups in total. The van der Waals surface area contributed by atoms with Gasteiger partial charge < -0.3 is 4.90 Å². The SMILES string of the molecule is CCCC1CC1N1C(=O)C(CC(C)C)NC1c1ccsc1. The molecule has 4 unspecified atom stereocenters. The lowest BCUT2D eigenvalue weighted by molar-refractivity contribution is -0.131. The molecule has 1 saturated heterocycles. The van der Waals surface area contributed by atoms with Gasteiger partial charge in [-0.05, 0) is 53.5 Å². The van der Waals surface area contributed by atoms with Gasteiger partial charge >= 0.3 is 0 Å². The zero-order chi connectivity index (χ0) is 15.0. The first-order valence-corrected chi connectivity index (χ1v) is 9.16. The summed E-state index contributed by atoms with van der Waals surface area (Å²) >= 11 is 1.71. The van der Waals surface area contributed by atoms with E-state index in [0.29, 0.717) is 17.9 Å². The summed E-state index contributed by atoms with van der Waals surface area (Å²) in [6, 6.07) is 2.61. The Morgan fingerprint density at radius 1 is 1.48 bits per heavy atom. The molecule has 116 valence electrons. The van der Waals surface area contributed by atoms with Crippen LogP contribution in [0.15, 0.2) is 16.8 Å². The Balaban J connectivity index is 1.78. The molecule has 3 rings (SSSR count). The summed E-state index contributed by atoms with van der Waals surface area (Å²) in [6.07, 6.45) is 4.69. The third kappa shape index (κ3) is 3.02. The van der Waals surface area contributed by atoms with Gasteiger partial charge in [0, 0.05) is 6.04 Å². The van der Waals surface area contributed by atoms with Crippen molar-refractivity contribution in [3.05, 3.63) is 22.4 Å². The Morgan fingerprint density at radius 2 is 2.29 bits per heavy atom. The molecule has 3 nitrogen and oxygen atoms in total. The Morgan fingerprint density at radius 3 is 2.90 bits per heavy atom. The maximum Gasteiger partial charge on any atom is 0.241 e. The molecule has 0 bridgehead atoms. The van der Waals surface area contributed by atoms with Crippen molar-refractivity contribution in [3.63, 3.8) is 0 Å². The molecule has 1 aromatic heterocycles. The number of hydrogen-bond acceptors (Lipinski definition) is 3. The molecule has 21 heavy (non-hydrogen) atoms. The molecule has 1 aliphatic carbocycles. The van der Waals surface area contributed by atoms with Gasteiger partial charge in [-0.25, -0.2) is 0 Å². The van der Waals surface area contributed by atoms with Crippen LogP contribution < -0.4 is 5.32 Å². The van der Waals surface area contributed by atoms with Gasteiger partial charge in [0.1, 0.15) is 6.17 Å². The predicted octanol–water partition coefficient (Wildman–Crippen LogP) is 3.78. The third-order valence-corrected chi connectivity index (χ3v) is 5.36. The number of nitrogens with one attached hydrogen (secondary N) is 1. The number of nitrogens with zero attached hydrogens (tertiary/aromatic N) is 1. The van der Waals surface area contributed by atoms with Crippen LogP contribution in [0.1, 0.15) is 58.2 Å². The molecule has 2 heterocycles. The van der Waals surface area contributed by atoms with Crippen molar-refractivity contribution >= 4 is 17.2 Å². The lowest BCUT2D eigenvalue weighted by atomic mass is 10.0. The van der Waals surface area contributed by atoms with E-state index in [1.165, 1.54) is 24.8 Å². The minimum Gasteiger partial charge on any atom is -0.318 e. The van der Waals surface area contributed by atoms with E-state index in [-0.39, 0.29) is 12.2 Å². The van der Waals surface area contributed by atoms with E-state index < -0.39 is 0 Å². The van der Waals surface area contributed by atoms with Crippen LogP contribution in [0.3, 0.4) is 0 Å². The monoisotopic (exact) mass is 306 g/mol. The van der Waals surface area contributed by atoms with Crippen molar-refractivity contribution in [2.75, 3.05) is 0 Å². The van der Waals surface area contributed by atoms with E-state index in [9.17, 15) is 4.79 Å². The quantitative estimate of drug-likeness (QED) is 0.867. The Labute approximate surface area is 131 Å². The van der Waals surface area contributed by atoms with Crippen molar-refractivity contribution in [2.45, 2.75) is 64.7 Å². The van der Waals surface area contributed by atoms with Gasteiger partial charge in [0.15, 0.2) is 0 Å². The zero-order valence-corrected chi connectivity index (χ0v) is 14.0. The van der Waals surface area contributed by atoms with Crippen molar-refractivity contribution in [1.29, 1.82) is 0 Å². The maximum absolute atomic E-state index is 12.8. The van der Waals surface area contributed by atoms with E-state index >= 15 is 0 Å². The van der Waals surface area contributed by atoms with Gasteiger partial charge in [-0.15, -0.1) is 0 Å². The number of carbonyl (C=O) groups is 1. The standard InChI is InChI=1S/C17H26N2OS/c1-4-5-12-9-15(12)19-16(13-6-7-21-10-13)18-14(17(19)20)8-11(2)3/h6-7,10-12,14-16,18H,4-5,8-9H2,1-3H3. The van der Waals surface area contributed by atoms with Gasteiger partial charge in [-0.3, -0.25) is 10.1 Å². The summed E-state index contributed by atoms with van der Waals surface area (Å²) in [6.45, 7) is 6.61. The van der Waals surface area contributed by atoms with Crippen LogP contribution in [0, 0.1) is 11.8 Å². The summed E-state index contributed by atoms with van der Waals surface area (Å²) in [5, 5.41) is 7.87. The fourth-order valence-electron chi connectivity index (χ4n) is 3.59. The normalized spacial score (nSPS) is 32.2. The summed E-state index contributed by atoms with van der Waals surface area (Å²) in [4.78, 5) is 15.0. The molecule has 1 aliphatic heterocycles. The van der Waals surface area contributed by atoms with E-state index in [0.717, 1.165) is 12.3 Å². The fraction of sp³-hybridized carbons (Fsp3) is 0.706. The van der Waals surface area contributed by atoms with Crippen LogP contribution in [-0.4, -0.2) is 22.9 Å². The summed E-state index contributed by atoms with van der Waals surface area (Å²) < 4.78 is 0. The Bertz CT molecular complexity index is 485. The highest BCUT2D eigenvalue weighted by molar-refractivity contribution is 7.07. The number of thiophene rings is 1. The number of carbonyl (C=O) groups excluding carboxylic acids is 1. The van der Waals surface area contributed by atoms with Gasteiger partial charge in [-0.1, -0.05) is 27.2 Å². The molecular weight excluding hydrogens is 280 g/mol. The van der Waals surface area contributed by atoms with E-state index in [1.54, 1.807) is 11.3 Å². The number of rotatable bonds is 6. The van der Waals surface area contributed by atoms with Crippen LogP contribution in [0.2, 0.25) is 0 Å². The Kier molecular flexibility index (Phi) is 4.36. The molecule has 1 aromatic rings. The first-order valence-electron chi connectivity index (χ1n) is 8.22. The minimum atomic E-state index is -0.00206. The molecule has 0 spiro atoms. The second-order valence-corrected chi connectivity index (χ2v) is 7.69. The van der Waals surface area contributed by atoms with Gasteiger partial charge in [-0.2, -0.15) is 11.3 Å². The lowest BCUT2D eigenvalue weighted by Gasteiger charge is -2.24. The average molecular weight is 306 g/mol. The summed E-state index contributed by atoms with van der Waals surface area (Å²) in [5.41, 5.74) is 1.25. The topological polar surface area (TPSA) is 32.3 Å². The van der Waals surface area contributed by atoms with Crippen molar-refractivity contribution in [3.8, 4) is 0 Å². The second kappa shape index (κ2) is 6.09. The molecule has 1 saturated carbocycles. The highest BCUT2D eigenvalue weighted by Gasteiger charge is 2.51. The summed E-state index contributed by atoms with van der Waals surface area (Å²) in [5.74, 6) is 1.59. The second-order valence-electron chi connectivity index (χ2n) is 6.91. The molecule has 2 fully saturated rings. The number of amides is 1. The number of hydrogen-bond donors (Lipinski definition) is 1. The average Bonchev–Trinajstić information content (AvgIpc) is 2.87. The smallest absolute Gasteiger partial charge is 0.241 e. The molecular formula is C17H26N2OS. The van der Waals surface area contributed by atoms with Crippen molar-refractivity contribution < 1.29 is 4.79 Å². The van der Waals surface area contributed by atoms with Crippen LogP contribution >= 0.6 is 11.3 Å². The van der Waals surface area contributed by atoms with Gasteiger partial charge in [0.2, 0.25) is 5.91 Å². The lowest BCUT2D eigenvalue weighted by Crippen LogP contribution is -2.34. The van der Waals surface area contributed by atoms with Gasteiger partial charge in [0.05, 0.1) is 6.04 Å². The van der Waals surface area contributed by atoms with E-state index in [1.807, 2.05) is 0 Å². The van der Waals surface area contributed by atoms with Crippen LogP contribution in [0.5, 0.6) is 0 Å². The molecule has 2 aliphatic rings. The van der Waals surface area contributed by atoms with E-state index in [4.69, 9.17) is 0 Å². The van der Waals surface area contributed by atoms with Gasteiger partial charge in [0.25, 0.3) is 0 Å². The summed E-state index contributed by atoms with van der Waals surface area (Å²) in [7, 11) is 0. The fourth-order valence-corrected chi connectivity index (χ4v) is 4.26. The van der Waals surface area contributed by atoms with Crippen molar-refractivity contribution in [2.24, 2.45) is 11.8 Å². The maximum atomic E-state index is 12.8. The zero-order valence-electron chi connectivity index (χ0n) is 13.2. The first-order chi connectivity index (χ1) is 10.1. The highest BCUT2D eigenvalue weighted by atomic mass is 32.1. The first kappa shape index (κ1) is 15.0. The molecule has 4 heteroatoms. The largest absolute Gasteiger partial charge is 0.318 e. The minimum absolute atomic E-state index is 0.00206. The third-order valence-electron chi connectivity index (χ3n) is 4.66. The molecule has 0 radical (unpaired) electrons. The van der Waals surface area contributed by atoms with Crippen LogP contribution in [0.4, 0.5) is 0 Å². The Hall–Kier alpha value is -0.870. The van der Waals surface area contributed by atoms with Crippen LogP contribution in [0.25, 0.3) is 0 Å². The molecule has 0 aromatic carbocycles.